The van der Waals surface area contributed by atoms with Gasteiger partial charge in [-0.25, -0.2) is 33.5 Å². The molecule has 127 heavy (non-hydrogen) atoms. The predicted octanol–water partition coefficient (Wildman–Crippen LogP) is 15.2. The molecule has 4 aliphatic rings. The minimum Gasteiger partial charge on any atom is -0.378 e. The number of pyridine rings is 3. The van der Waals surface area contributed by atoms with Crippen molar-refractivity contribution in [2.45, 2.75) is 20.8 Å². The number of anilines is 11. The van der Waals surface area contributed by atoms with Gasteiger partial charge in [0.15, 0.2) is 67.0 Å². The molecule has 0 unspecified atom stereocenters. The van der Waals surface area contributed by atoms with Gasteiger partial charge in [-0.05, 0) is 264 Å². The number of nitrogens with zero attached hydrogens (tertiary/aromatic N) is 17. The molecule has 644 valence electrons. The number of thiocarbonyl (C=S) groups is 4. The van der Waals surface area contributed by atoms with Gasteiger partial charge < -0.3 is 86.1 Å². The van der Waals surface area contributed by atoms with Crippen molar-refractivity contribution in [1.29, 1.82) is 5.41 Å². The Balaban J connectivity index is 0.000000125. The van der Waals surface area contributed by atoms with Crippen molar-refractivity contribution in [2.24, 2.45) is 4.99 Å². The van der Waals surface area contributed by atoms with Gasteiger partial charge in [-0.1, -0.05) is 18.2 Å². The first-order valence-electron chi connectivity index (χ1n) is 41.4. The monoisotopic (exact) mass is 1770 g/mol. The number of H-pyrrole nitrogens is 1. The number of amidine groups is 2. The summed E-state index contributed by atoms with van der Waals surface area (Å²) in [5.41, 5.74) is 17.2. The van der Waals surface area contributed by atoms with Crippen LogP contribution < -0.4 is 57.2 Å². The predicted molar refractivity (Wildman–Crippen MR) is 520 cm³/mol. The van der Waals surface area contributed by atoms with Crippen LogP contribution in [0.2, 0.25) is 0 Å². The number of aromatic amines is 1. The molecule has 4 saturated heterocycles. The van der Waals surface area contributed by atoms with E-state index < -0.39 is 0 Å². The highest BCUT2D eigenvalue weighted by Crippen LogP contribution is 2.31. The Morgan fingerprint density at radius 1 is 0.378 bits per heavy atom. The first-order chi connectivity index (χ1) is 62.2. The van der Waals surface area contributed by atoms with Gasteiger partial charge in [0.05, 0.1) is 81.8 Å². The first-order valence-corrected chi connectivity index (χ1v) is 43.0. The van der Waals surface area contributed by atoms with Gasteiger partial charge in [-0.3, -0.25) is 20.4 Å². The Morgan fingerprint density at radius 2 is 0.787 bits per heavy atom. The van der Waals surface area contributed by atoms with Crippen LogP contribution >= 0.6 is 48.9 Å². The van der Waals surface area contributed by atoms with Crippen LogP contribution in [0.5, 0.6) is 0 Å². The molecule has 10 aromatic heterocycles. The molecule has 4 fully saturated rings. The van der Waals surface area contributed by atoms with Crippen LogP contribution in [0.15, 0.2) is 261 Å². The minimum atomic E-state index is 0.195. The van der Waals surface area contributed by atoms with Crippen LogP contribution in [0.25, 0.3) is 50.7 Å². The van der Waals surface area contributed by atoms with Crippen LogP contribution in [0.4, 0.5) is 63.0 Å². The Hall–Kier alpha value is -14.2. The Labute approximate surface area is 755 Å². The quantitative estimate of drug-likeness (QED) is 0.0244. The van der Waals surface area contributed by atoms with E-state index in [0.29, 0.717) is 90.8 Å². The van der Waals surface area contributed by atoms with Crippen LogP contribution in [0.1, 0.15) is 28.3 Å². The standard InChI is InChI=1S/2C23H23N7OS.C23H25N7OS.C23H22N6OS/c1-16-19(4-2-10-24-16)26-23(32)25-18-8-6-17(7-9-18)21-27-22(29-12-14-31-15-13-29)20-5-3-11-30(20)28-21;1-16-4-7-19(15-24-16)26-23(32)25-18-8-5-17(6-9-18)21-27-22(29-11-13-31-14-12-29)20-3-2-10-30(20)28-21;1-16-15-19(8-10-25-16)28-23(32)27-18-6-4-17(5-7-18)21(24)29-22(20-3-2-9-26-20)30-11-13-31-14-12-30;31-23(24-18-5-2-1-3-6-18)25-19-10-8-17(9-11-19)21-26-22(28-13-15-30-16-14-28)20-7-4-12-29(20)27-21/h2-11H,12-15H2,1H3,(H2,25,26,32);2-10,15H,11-14H2,1H3,(H2,25,26,32);2-10,15,24,26H,11-14H2,1H3,(H2,25,27,28,32);1-12H,13-16H2,(H2,24,25,31). The van der Waals surface area contributed by atoms with E-state index in [9.17, 15) is 0 Å². The topological polar surface area (TPSA) is 327 Å². The van der Waals surface area contributed by atoms with E-state index in [1.165, 1.54) is 0 Å². The molecule has 0 bridgehead atoms. The van der Waals surface area contributed by atoms with E-state index in [1.807, 2.05) is 271 Å². The summed E-state index contributed by atoms with van der Waals surface area (Å²) in [5.74, 6) is 5.78. The van der Waals surface area contributed by atoms with E-state index in [2.05, 4.69) is 87.1 Å². The fourth-order valence-corrected chi connectivity index (χ4v) is 15.1. The van der Waals surface area contributed by atoms with E-state index in [1.54, 1.807) is 18.6 Å². The molecule has 35 heteroatoms. The van der Waals surface area contributed by atoms with Gasteiger partial charge in [0.25, 0.3) is 0 Å². The van der Waals surface area contributed by atoms with Crippen molar-refractivity contribution in [3.8, 4) is 34.2 Å². The number of aromatic nitrogens is 13. The summed E-state index contributed by atoms with van der Waals surface area (Å²) < 4.78 is 27.6. The number of fused-ring (bicyclic) bond motifs is 3. The van der Waals surface area contributed by atoms with Gasteiger partial charge in [0.1, 0.15) is 16.6 Å². The lowest BCUT2D eigenvalue weighted by Gasteiger charge is -2.29. The van der Waals surface area contributed by atoms with Gasteiger partial charge in [-0.2, -0.15) is 0 Å². The van der Waals surface area contributed by atoms with E-state index >= 15 is 0 Å². The summed E-state index contributed by atoms with van der Waals surface area (Å²) in [4.78, 5) is 44.1. The minimum absolute atomic E-state index is 0.195. The van der Waals surface area contributed by atoms with Gasteiger partial charge in [0.2, 0.25) is 0 Å². The fourth-order valence-electron chi connectivity index (χ4n) is 14.1. The number of rotatable bonds is 16. The number of para-hydroxylation sites is 1. The maximum atomic E-state index is 8.54. The van der Waals surface area contributed by atoms with Crippen molar-refractivity contribution in [3.63, 3.8) is 0 Å². The maximum absolute atomic E-state index is 8.54. The molecule has 0 saturated carbocycles. The molecule has 4 aliphatic heterocycles. The molecule has 14 heterocycles. The number of morpholine rings is 4. The SMILES string of the molecule is Cc1cc(NC(=S)Nc2ccc(C(=N)N=C(c3ccc[nH]3)N3CCOCC3)cc2)ccn1.Cc1ccc(NC(=S)Nc2ccc(-c3nc(N4CCOCC4)c4cccn4n3)cc2)cn1.Cc1ncccc1NC(=S)Nc1ccc(-c2nc(N3CCOCC3)c3cccn3n2)cc1.S=C(Nc1ccccc1)Nc1ccc(-c2nc(N3CCOCC3)c3cccn3n2)cc1. The van der Waals surface area contributed by atoms with Gasteiger partial charge in [0, 0.05) is 157 Å². The molecule has 5 aromatic carbocycles. The Bertz CT molecular complexity index is 6300. The number of nitrogens with one attached hydrogen (secondary N) is 10. The highest BCUT2D eigenvalue weighted by Gasteiger charge is 2.24. The molecule has 0 spiro atoms. The molecule has 0 radical (unpaired) electrons. The third kappa shape index (κ3) is 23.1. The average Bonchev–Trinajstić information content (AvgIpc) is 1.72. The summed E-state index contributed by atoms with van der Waals surface area (Å²) in [6.07, 6.45) is 13.0. The zero-order valence-electron chi connectivity index (χ0n) is 69.9. The lowest BCUT2D eigenvalue weighted by atomic mass is 10.2. The zero-order valence-corrected chi connectivity index (χ0v) is 73.2. The van der Waals surface area contributed by atoms with Crippen molar-refractivity contribution < 1.29 is 18.9 Å². The van der Waals surface area contributed by atoms with Crippen molar-refractivity contribution in [1.82, 2.24) is 68.6 Å². The highest BCUT2D eigenvalue weighted by atomic mass is 32.1. The number of aliphatic imine (C=N–C) groups is 1. The zero-order chi connectivity index (χ0) is 87.2. The number of hydrogen-bond acceptors (Lipinski definition) is 21. The molecule has 0 amide bonds. The normalized spacial score (nSPS) is 13.9. The van der Waals surface area contributed by atoms with E-state index in [-0.39, 0.29) is 5.84 Å². The second-order valence-corrected chi connectivity index (χ2v) is 31.2. The summed E-state index contributed by atoms with van der Waals surface area (Å²) in [6, 6.07) is 68.6. The van der Waals surface area contributed by atoms with Crippen molar-refractivity contribution in [3.05, 3.63) is 284 Å². The Kier molecular flexibility index (Phi) is 28.6. The summed E-state index contributed by atoms with van der Waals surface area (Å²) >= 11 is 21.7. The number of benzene rings is 5. The molecular weight excluding hydrogens is 1680 g/mol. The number of aryl methyl sites for hydroxylation is 3. The second kappa shape index (κ2) is 42.0. The lowest BCUT2D eigenvalue weighted by molar-refractivity contribution is 0.0682. The Morgan fingerprint density at radius 3 is 1.20 bits per heavy atom. The van der Waals surface area contributed by atoms with Gasteiger partial charge in [-0.15, -0.1) is 15.3 Å². The number of ether oxygens (including phenoxy) is 4. The average molecular weight is 1770 g/mol. The highest BCUT2D eigenvalue weighted by molar-refractivity contribution is 7.81. The molecule has 10 N–H and O–H groups in total. The summed E-state index contributed by atoms with van der Waals surface area (Å²) in [7, 11) is 0. The molecular formula is C92H93N27O4S4. The lowest BCUT2D eigenvalue weighted by Crippen LogP contribution is -2.41. The van der Waals surface area contributed by atoms with Crippen LogP contribution in [0, 0.1) is 26.2 Å². The van der Waals surface area contributed by atoms with E-state index in [4.69, 9.17) is 103 Å². The van der Waals surface area contributed by atoms with E-state index in [0.717, 1.165) is 183 Å². The molecule has 31 nitrogen and oxygen atoms in total. The fraction of sp³-hybridized carbons (Fsp3) is 0.207. The van der Waals surface area contributed by atoms with Crippen LogP contribution in [0.3, 0.4) is 0 Å². The third-order valence-corrected chi connectivity index (χ3v) is 21.5. The second-order valence-electron chi connectivity index (χ2n) is 29.6. The molecule has 0 aliphatic carbocycles. The van der Waals surface area contributed by atoms with Gasteiger partial charge >= 0.3 is 0 Å². The van der Waals surface area contributed by atoms with Crippen molar-refractivity contribution >= 4 is 160 Å². The molecule has 15 aromatic rings. The first kappa shape index (κ1) is 86.4. The smallest absolute Gasteiger partial charge is 0.182 e. The van der Waals surface area contributed by atoms with Crippen LogP contribution in [-0.2, 0) is 18.9 Å². The molecule has 0 atom stereocenters. The van der Waals surface area contributed by atoms with Crippen LogP contribution in [-0.4, -0.2) is 206 Å². The summed E-state index contributed by atoms with van der Waals surface area (Å²) in [6.45, 7) is 17.8. The largest absolute Gasteiger partial charge is 0.378 e. The molecule has 19 rings (SSSR count). The van der Waals surface area contributed by atoms with Crippen molar-refractivity contribution in [2.75, 3.05) is 162 Å². The summed E-state index contributed by atoms with van der Waals surface area (Å²) in [5, 5.41) is 50.1. The maximum Gasteiger partial charge on any atom is 0.182 e. The third-order valence-electron chi connectivity index (χ3n) is 20.6. The number of hydrogen-bond donors (Lipinski definition) is 10.